The van der Waals surface area contributed by atoms with E-state index in [0.29, 0.717) is 5.92 Å². The smallest absolute Gasteiger partial charge is 0.166 e. The second-order valence-corrected chi connectivity index (χ2v) is 4.32. The van der Waals surface area contributed by atoms with Crippen molar-refractivity contribution in [3.05, 3.63) is 38.8 Å². The molecule has 0 saturated carbocycles. The summed E-state index contributed by atoms with van der Waals surface area (Å²) in [5, 5.41) is 0. The zero-order valence-corrected chi connectivity index (χ0v) is 9.90. The summed E-state index contributed by atoms with van der Waals surface area (Å²) in [5.74, 6) is 0.677. The Kier molecular flexibility index (Phi) is 3.44. The van der Waals surface area contributed by atoms with Gasteiger partial charge in [0.2, 0.25) is 0 Å². The molecule has 0 aromatic heterocycles. The molecule has 0 aliphatic heterocycles. The van der Waals surface area contributed by atoms with Crippen LogP contribution in [0.1, 0.15) is 25.0 Å². The maximum atomic E-state index is 12.7. The van der Waals surface area contributed by atoms with Gasteiger partial charge in [-0.05, 0) is 40.1 Å². The first-order valence-electron chi connectivity index (χ1n) is 4.00. The van der Waals surface area contributed by atoms with Crippen LogP contribution in [0.25, 0.3) is 0 Å². The molecule has 1 aromatic carbocycles. The van der Waals surface area contributed by atoms with Gasteiger partial charge in [-0.1, -0.05) is 26.0 Å². The first kappa shape index (κ1) is 11.8. The molecule has 4 heteroatoms. The van der Waals surface area contributed by atoms with Crippen LogP contribution in [0, 0.1) is 9.49 Å². The van der Waals surface area contributed by atoms with Crippen LogP contribution in [0.4, 0.5) is 13.2 Å². The molecule has 0 nitrogen and oxygen atoms in total. The molecule has 1 aromatic rings. The lowest BCUT2D eigenvalue weighted by atomic mass is 9.97. The van der Waals surface area contributed by atoms with E-state index >= 15 is 0 Å². The lowest BCUT2D eigenvalue weighted by Crippen LogP contribution is -2.12. The normalized spacial score (nSPS) is 12.2. The minimum absolute atomic E-state index is 0.244. The van der Waals surface area contributed by atoms with Crippen molar-refractivity contribution in [3.8, 4) is 0 Å². The SMILES string of the molecule is C[C](C)c1cccc(I)c1C(F)(F)F. The van der Waals surface area contributed by atoms with E-state index in [1.807, 2.05) is 0 Å². The standard InChI is InChI=1S/C10H9F3I/c1-6(2)7-4-3-5-8(14)9(7)10(11,12)13/h3-5H,1-2H3. The summed E-state index contributed by atoms with van der Waals surface area (Å²) >= 11 is 1.71. The van der Waals surface area contributed by atoms with E-state index in [9.17, 15) is 13.2 Å². The summed E-state index contributed by atoms with van der Waals surface area (Å²) in [6.07, 6.45) is -4.27. The van der Waals surface area contributed by atoms with E-state index in [1.54, 1.807) is 42.5 Å². The summed E-state index contributed by atoms with van der Waals surface area (Å²) < 4.78 is 38.2. The second kappa shape index (κ2) is 4.08. The summed E-state index contributed by atoms with van der Waals surface area (Å²) in [4.78, 5) is 0. The molecule has 0 aliphatic rings. The van der Waals surface area contributed by atoms with Crippen molar-refractivity contribution in [3.63, 3.8) is 0 Å². The van der Waals surface area contributed by atoms with Gasteiger partial charge in [0, 0.05) is 3.57 Å². The van der Waals surface area contributed by atoms with Gasteiger partial charge in [0.05, 0.1) is 5.56 Å². The minimum atomic E-state index is -4.27. The van der Waals surface area contributed by atoms with E-state index in [2.05, 4.69) is 0 Å². The molecule has 0 bridgehead atoms. The van der Waals surface area contributed by atoms with Gasteiger partial charge in [-0.2, -0.15) is 13.2 Å². The summed E-state index contributed by atoms with van der Waals surface area (Å²) in [6, 6.07) is 4.61. The van der Waals surface area contributed by atoms with E-state index in [0.717, 1.165) is 0 Å². The van der Waals surface area contributed by atoms with Gasteiger partial charge in [-0.15, -0.1) is 0 Å². The lowest BCUT2D eigenvalue weighted by molar-refractivity contribution is -0.138. The van der Waals surface area contributed by atoms with Gasteiger partial charge in [-0.25, -0.2) is 0 Å². The van der Waals surface area contributed by atoms with E-state index < -0.39 is 11.7 Å². The topological polar surface area (TPSA) is 0 Å². The van der Waals surface area contributed by atoms with Crippen molar-refractivity contribution in [2.24, 2.45) is 0 Å². The predicted octanol–water partition coefficient (Wildman–Crippen LogP) is 4.27. The molecule has 0 N–H and O–H groups in total. The largest absolute Gasteiger partial charge is 0.417 e. The Morgan fingerprint density at radius 3 is 2.14 bits per heavy atom. The maximum absolute atomic E-state index is 12.7. The monoisotopic (exact) mass is 313 g/mol. The highest BCUT2D eigenvalue weighted by atomic mass is 127. The maximum Gasteiger partial charge on any atom is 0.417 e. The highest BCUT2D eigenvalue weighted by Gasteiger charge is 2.36. The molecule has 0 aliphatic carbocycles. The summed E-state index contributed by atoms with van der Waals surface area (Å²) in [6.45, 7) is 3.36. The van der Waals surface area contributed by atoms with E-state index in [-0.39, 0.29) is 9.13 Å². The number of hydrogen-bond donors (Lipinski definition) is 0. The Morgan fingerprint density at radius 2 is 1.79 bits per heavy atom. The van der Waals surface area contributed by atoms with Gasteiger partial charge < -0.3 is 0 Å². The number of hydrogen-bond acceptors (Lipinski definition) is 0. The zero-order valence-electron chi connectivity index (χ0n) is 7.74. The molecular formula is C10H9F3I. The Morgan fingerprint density at radius 1 is 1.21 bits per heavy atom. The highest BCUT2D eigenvalue weighted by molar-refractivity contribution is 14.1. The molecule has 1 rings (SSSR count). The van der Waals surface area contributed by atoms with Gasteiger partial charge in [-0.3, -0.25) is 0 Å². The van der Waals surface area contributed by atoms with Crippen LogP contribution < -0.4 is 0 Å². The molecule has 0 unspecified atom stereocenters. The molecular weight excluding hydrogens is 304 g/mol. The average Bonchev–Trinajstić information content (AvgIpc) is 2.01. The van der Waals surface area contributed by atoms with Gasteiger partial charge in [0.25, 0.3) is 0 Å². The third-order valence-corrected chi connectivity index (χ3v) is 2.73. The van der Waals surface area contributed by atoms with Gasteiger partial charge in [0.15, 0.2) is 0 Å². The van der Waals surface area contributed by atoms with Crippen molar-refractivity contribution < 1.29 is 13.2 Å². The molecule has 0 atom stereocenters. The predicted molar refractivity (Wildman–Crippen MR) is 57.9 cm³/mol. The van der Waals surface area contributed by atoms with Crippen LogP contribution in [-0.4, -0.2) is 0 Å². The van der Waals surface area contributed by atoms with E-state index in [1.165, 1.54) is 12.1 Å². The van der Waals surface area contributed by atoms with Crippen molar-refractivity contribution in [1.82, 2.24) is 0 Å². The third-order valence-electron chi connectivity index (χ3n) is 1.84. The first-order valence-corrected chi connectivity index (χ1v) is 5.08. The molecule has 0 amide bonds. The Labute approximate surface area is 94.6 Å². The minimum Gasteiger partial charge on any atom is -0.166 e. The molecule has 77 valence electrons. The fourth-order valence-electron chi connectivity index (χ4n) is 1.23. The van der Waals surface area contributed by atoms with Crippen LogP contribution in [0.15, 0.2) is 18.2 Å². The first-order chi connectivity index (χ1) is 6.34. The van der Waals surface area contributed by atoms with Crippen LogP contribution in [0.3, 0.4) is 0 Å². The van der Waals surface area contributed by atoms with Crippen molar-refractivity contribution in [2.45, 2.75) is 20.0 Å². The number of alkyl halides is 3. The van der Waals surface area contributed by atoms with Gasteiger partial charge >= 0.3 is 6.18 Å². The van der Waals surface area contributed by atoms with Crippen LogP contribution in [0.5, 0.6) is 0 Å². The highest BCUT2D eigenvalue weighted by Crippen LogP contribution is 2.37. The summed E-state index contributed by atoms with van der Waals surface area (Å²) in [5.41, 5.74) is -0.245. The van der Waals surface area contributed by atoms with Gasteiger partial charge in [0.1, 0.15) is 0 Å². The lowest BCUT2D eigenvalue weighted by Gasteiger charge is -2.16. The third kappa shape index (κ3) is 2.40. The Bertz CT molecular complexity index is 329. The second-order valence-electron chi connectivity index (χ2n) is 3.16. The fraction of sp³-hybridized carbons (Fsp3) is 0.300. The van der Waals surface area contributed by atoms with Crippen molar-refractivity contribution in [2.75, 3.05) is 0 Å². The number of halogens is 4. The number of rotatable bonds is 1. The van der Waals surface area contributed by atoms with Crippen molar-refractivity contribution in [1.29, 1.82) is 0 Å². The Balaban J connectivity index is 3.38. The quantitative estimate of drug-likeness (QED) is 0.679. The van der Waals surface area contributed by atoms with Crippen LogP contribution in [0.2, 0.25) is 0 Å². The van der Waals surface area contributed by atoms with Crippen LogP contribution in [-0.2, 0) is 6.18 Å². The average molecular weight is 313 g/mol. The molecule has 0 saturated heterocycles. The molecule has 1 radical (unpaired) electrons. The molecule has 14 heavy (non-hydrogen) atoms. The molecule has 0 heterocycles. The molecule has 0 fully saturated rings. The van der Waals surface area contributed by atoms with E-state index in [4.69, 9.17) is 0 Å². The zero-order chi connectivity index (χ0) is 10.9. The Hall–Kier alpha value is -0.260. The van der Waals surface area contributed by atoms with Crippen LogP contribution >= 0.6 is 22.6 Å². The fourth-order valence-corrected chi connectivity index (χ4v) is 2.03. The number of benzene rings is 1. The van der Waals surface area contributed by atoms with Crippen molar-refractivity contribution >= 4 is 22.6 Å². The summed E-state index contributed by atoms with van der Waals surface area (Å²) in [7, 11) is 0. The molecule has 0 spiro atoms.